The molecule has 1 unspecified atom stereocenters. The number of nitrogens with zero attached hydrogens (tertiary/aromatic N) is 1. The van der Waals surface area contributed by atoms with Gasteiger partial charge in [-0.15, -0.1) is 0 Å². The van der Waals surface area contributed by atoms with Gasteiger partial charge in [0.2, 0.25) is 0 Å². The largest absolute Gasteiger partial charge is 0.387 e. The molecule has 1 aliphatic rings. The summed E-state index contributed by atoms with van der Waals surface area (Å²) in [4.78, 5) is 5.33. The zero-order chi connectivity index (χ0) is 14.6. The van der Waals surface area contributed by atoms with Gasteiger partial charge in [0.25, 0.3) is 0 Å². The van der Waals surface area contributed by atoms with Gasteiger partial charge in [-0.3, -0.25) is 0 Å². The van der Waals surface area contributed by atoms with Gasteiger partial charge in [-0.05, 0) is 31.9 Å². The molecule has 0 spiro atoms. The van der Waals surface area contributed by atoms with Crippen LogP contribution >= 0.6 is 0 Å². The molecule has 0 aromatic carbocycles. The Hall–Kier alpha value is -1.31. The second kappa shape index (κ2) is 12.2. The maximum atomic E-state index is 5.33. The van der Waals surface area contributed by atoms with Gasteiger partial charge in [-0.25, -0.2) is 0 Å². The molecule has 0 saturated heterocycles. The number of oxime groups is 1. The minimum Gasteiger partial charge on any atom is -0.387 e. The standard InChI is InChI=1S/C12H17NO.2C2H6/c1-5-7-11(9(3)6-2)12-8-10(4)13-14-12;2*1-2/h5-7,12H,2,8H2,1,3-4H3;2*1-2H3/b7-5-,11-9+;;. The molecule has 0 aliphatic carbocycles. The Kier molecular flexibility index (Phi) is 12.9. The van der Waals surface area contributed by atoms with Gasteiger partial charge in [0.1, 0.15) is 0 Å². The van der Waals surface area contributed by atoms with Gasteiger partial charge < -0.3 is 4.84 Å². The van der Waals surface area contributed by atoms with Crippen LogP contribution in [0.25, 0.3) is 0 Å². The summed E-state index contributed by atoms with van der Waals surface area (Å²) in [5.41, 5.74) is 3.37. The van der Waals surface area contributed by atoms with Crippen LogP contribution in [0.5, 0.6) is 0 Å². The molecular formula is C16H29NO. The molecule has 0 fully saturated rings. The van der Waals surface area contributed by atoms with E-state index < -0.39 is 0 Å². The highest BCUT2D eigenvalue weighted by Crippen LogP contribution is 2.22. The third-order valence-electron chi connectivity index (χ3n) is 2.27. The zero-order valence-electron chi connectivity index (χ0n) is 13.1. The van der Waals surface area contributed by atoms with Crippen molar-refractivity contribution in [3.8, 4) is 0 Å². The quantitative estimate of drug-likeness (QED) is 0.625. The van der Waals surface area contributed by atoms with Gasteiger partial charge in [-0.1, -0.05) is 57.7 Å². The number of hydrogen-bond donors (Lipinski definition) is 0. The van der Waals surface area contributed by atoms with E-state index in [1.165, 1.54) is 5.57 Å². The first kappa shape index (κ1) is 19.0. The molecule has 1 atom stereocenters. The maximum Gasteiger partial charge on any atom is 0.158 e. The molecule has 0 amide bonds. The van der Waals surface area contributed by atoms with Crippen molar-refractivity contribution in [2.24, 2.45) is 5.16 Å². The van der Waals surface area contributed by atoms with Crippen LogP contribution in [0.1, 0.15) is 54.9 Å². The summed E-state index contributed by atoms with van der Waals surface area (Å²) in [6.45, 7) is 17.8. The highest BCUT2D eigenvalue weighted by molar-refractivity contribution is 5.83. The number of allylic oxidation sites excluding steroid dienone is 3. The van der Waals surface area contributed by atoms with Gasteiger partial charge in [-0.2, -0.15) is 0 Å². The first-order valence-corrected chi connectivity index (χ1v) is 6.84. The van der Waals surface area contributed by atoms with E-state index in [2.05, 4.69) is 17.8 Å². The average Bonchev–Trinajstić information content (AvgIpc) is 2.86. The smallest absolute Gasteiger partial charge is 0.158 e. The minimum atomic E-state index is 0.0733. The summed E-state index contributed by atoms with van der Waals surface area (Å²) in [5, 5.41) is 3.95. The fourth-order valence-corrected chi connectivity index (χ4v) is 1.45. The van der Waals surface area contributed by atoms with Crippen molar-refractivity contribution in [1.82, 2.24) is 0 Å². The van der Waals surface area contributed by atoms with Crippen LogP contribution in [0, 0.1) is 0 Å². The van der Waals surface area contributed by atoms with Crippen LogP contribution in [0.15, 0.2) is 41.1 Å². The van der Waals surface area contributed by atoms with E-state index in [4.69, 9.17) is 4.84 Å². The van der Waals surface area contributed by atoms with Crippen LogP contribution in [-0.2, 0) is 4.84 Å². The molecule has 0 N–H and O–H groups in total. The Morgan fingerprint density at radius 2 is 1.89 bits per heavy atom. The monoisotopic (exact) mass is 251 g/mol. The lowest BCUT2D eigenvalue weighted by molar-refractivity contribution is 0.113. The Balaban J connectivity index is 0. The predicted octanol–water partition coefficient (Wildman–Crippen LogP) is 5.28. The summed E-state index contributed by atoms with van der Waals surface area (Å²) in [6.07, 6.45) is 6.89. The van der Waals surface area contributed by atoms with Crippen molar-refractivity contribution in [3.05, 3.63) is 36.0 Å². The molecule has 1 aliphatic heterocycles. The molecule has 0 saturated carbocycles. The van der Waals surface area contributed by atoms with Crippen molar-refractivity contribution in [1.29, 1.82) is 0 Å². The van der Waals surface area contributed by atoms with E-state index >= 15 is 0 Å². The molecule has 2 heteroatoms. The molecular weight excluding hydrogens is 222 g/mol. The van der Waals surface area contributed by atoms with Gasteiger partial charge in [0.05, 0.1) is 5.71 Å². The first-order valence-electron chi connectivity index (χ1n) is 6.84. The highest BCUT2D eigenvalue weighted by atomic mass is 16.6. The number of rotatable bonds is 3. The summed E-state index contributed by atoms with van der Waals surface area (Å²) in [5.74, 6) is 0. The van der Waals surface area contributed by atoms with Crippen LogP contribution in [0.2, 0.25) is 0 Å². The Morgan fingerprint density at radius 1 is 1.33 bits per heavy atom. The number of hydrogen-bond acceptors (Lipinski definition) is 2. The molecule has 0 bridgehead atoms. The van der Waals surface area contributed by atoms with E-state index in [0.29, 0.717) is 0 Å². The average molecular weight is 251 g/mol. The SMILES string of the molecule is C=C/C(C)=C(\C=C/C)C1CC(C)=NO1.CC.CC. The van der Waals surface area contributed by atoms with Crippen molar-refractivity contribution >= 4 is 5.71 Å². The van der Waals surface area contributed by atoms with Gasteiger partial charge in [0.15, 0.2) is 6.10 Å². The van der Waals surface area contributed by atoms with Crippen LogP contribution in [0.4, 0.5) is 0 Å². The van der Waals surface area contributed by atoms with Crippen LogP contribution in [0.3, 0.4) is 0 Å². The van der Waals surface area contributed by atoms with Crippen LogP contribution in [-0.4, -0.2) is 11.8 Å². The fraction of sp³-hybridized carbons (Fsp3) is 0.562. The lowest BCUT2D eigenvalue weighted by Gasteiger charge is -2.11. The van der Waals surface area contributed by atoms with E-state index in [9.17, 15) is 0 Å². The summed E-state index contributed by atoms with van der Waals surface area (Å²) >= 11 is 0. The second-order valence-corrected chi connectivity index (χ2v) is 3.47. The molecule has 1 heterocycles. The zero-order valence-corrected chi connectivity index (χ0v) is 13.1. The Morgan fingerprint density at radius 3 is 2.22 bits per heavy atom. The third-order valence-corrected chi connectivity index (χ3v) is 2.27. The predicted molar refractivity (Wildman–Crippen MR) is 83.0 cm³/mol. The first-order chi connectivity index (χ1) is 8.69. The Bertz CT molecular complexity index is 311. The Labute approximate surface area is 113 Å². The van der Waals surface area contributed by atoms with Gasteiger partial charge in [0, 0.05) is 6.42 Å². The van der Waals surface area contributed by atoms with Crippen molar-refractivity contribution < 1.29 is 4.84 Å². The normalized spacial score (nSPS) is 18.6. The minimum absolute atomic E-state index is 0.0733. The summed E-state index contributed by atoms with van der Waals surface area (Å²) < 4.78 is 0. The molecule has 18 heavy (non-hydrogen) atoms. The lowest BCUT2D eigenvalue weighted by atomic mass is 9.99. The molecule has 104 valence electrons. The topological polar surface area (TPSA) is 21.6 Å². The van der Waals surface area contributed by atoms with Crippen molar-refractivity contribution in [2.45, 2.75) is 61.0 Å². The highest BCUT2D eigenvalue weighted by Gasteiger charge is 2.21. The van der Waals surface area contributed by atoms with E-state index in [-0.39, 0.29) is 6.10 Å². The van der Waals surface area contributed by atoms with E-state index in [1.807, 2.05) is 60.6 Å². The fourth-order valence-electron chi connectivity index (χ4n) is 1.45. The maximum absolute atomic E-state index is 5.33. The molecule has 1 rings (SSSR count). The lowest BCUT2D eigenvalue weighted by Crippen LogP contribution is -2.10. The molecule has 0 aromatic rings. The van der Waals surface area contributed by atoms with E-state index in [0.717, 1.165) is 17.7 Å². The second-order valence-electron chi connectivity index (χ2n) is 3.47. The molecule has 2 nitrogen and oxygen atoms in total. The van der Waals surface area contributed by atoms with Crippen LogP contribution < -0.4 is 0 Å². The molecule has 0 aromatic heterocycles. The van der Waals surface area contributed by atoms with Crippen molar-refractivity contribution in [2.75, 3.05) is 0 Å². The van der Waals surface area contributed by atoms with Gasteiger partial charge >= 0.3 is 0 Å². The summed E-state index contributed by atoms with van der Waals surface area (Å²) in [7, 11) is 0. The summed E-state index contributed by atoms with van der Waals surface area (Å²) in [6, 6.07) is 0. The third kappa shape index (κ3) is 6.43. The van der Waals surface area contributed by atoms with E-state index in [1.54, 1.807) is 0 Å². The molecule has 0 radical (unpaired) electrons. The van der Waals surface area contributed by atoms with Crippen molar-refractivity contribution in [3.63, 3.8) is 0 Å².